The Kier molecular flexibility index (Phi) is 5.22. The molecule has 0 aliphatic carbocycles. The van der Waals surface area contributed by atoms with E-state index < -0.39 is 15.8 Å². The van der Waals surface area contributed by atoms with Crippen molar-refractivity contribution in [3.8, 4) is 0 Å². The van der Waals surface area contributed by atoms with Gasteiger partial charge in [0.1, 0.15) is 5.82 Å². The van der Waals surface area contributed by atoms with E-state index in [2.05, 4.69) is 20.6 Å². The SMILES string of the molecule is NS(=O)(=O)c1ccc(Nc2ncc(F)c(N3CCNc4cc(F)ccc4C3)n2)cc1. The maximum atomic E-state index is 14.5. The molecule has 8 nitrogen and oxygen atoms in total. The van der Waals surface area contributed by atoms with Crippen LogP contribution in [0.5, 0.6) is 0 Å². The number of fused-ring (bicyclic) bond motifs is 1. The molecule has 1 aliphatic rings. The summed E-state index contributed by atoms with van der Waals surface area (Å²) in [5.74, 6) is -0.683. The molecule has 2 aromatic carbocycles. The topological polar surface area (TPSA) is 113 Å². The number of nitrogens with one attached hydrogen (secondary N) is 2. The van der Waals surface area contributed by atoms with Crippen LogP contribution in [0.15, 0.2) is 53.6 Å². The molecule has 0 spiro atoms. The summed E-state index contributed by atoms with van der Waals surface area (Å²) in [6.45, 7) is 1.28. The minimum atomic E-state index is -3.79. The molecule has 1 aliphatic heterocycles. The number of primary sulfonamides is 1. The van der Waals surface area contributed by atoms with Gasteiger partial charge in [-0.1, -0.05) is 6.07 Å². The lowest BCUT2D eigenvalue weighted by molar-refractivity contribution is 0.597. The lowest BCUT2D eigenvalue weighted by Gasteiger charge is -2.22. The van der Waals surface area contributed by atoms with Gasteiger partial charge in [0, 0.05) is 31.0 Å². The smallest absolute Gasteiger partial charge is 0.238 e. The lowest BCUT2D eigenvalue weighted by Crippen LogP contribution is -2.27. The lowest BCUT2D eigenvalue weighted by atomic mass is 10.1. The Balaban J connectivity index is 1.58. The first-order chi connectivity index (χ1) is 14.3. The van der Waals surface area contributed by atoms with Gasteiger partial charge in [-0.15, -0.1) is 0 Å². The van der Waals surface area contributed by atoms with Crippen molar-refractivity contribution < 1.29 is 17.2 Å². The van der Waals surface area contributed by atoms with Gasteiger partial charge >= 0.3 is 0 Å². The number of nitrogens with two attached hydrogens (primary N) is 1. The number of sulfonamides is 1. The molecule has 0 atom stereocenters. The monoisotopic (exact) mass is 432 g/mol. The van der Waals surface area contributed by atoms with E-state index in [1.165, 1.54) is 36.4 Å². The van der Waals surface area contributed by atoms with Gasteiger partial charge in [-0.2, -0.15) is 4.98 Å². The zero-order valence-corrected chi connectivity index (χ0v) is 16.5. The third-order valence-corrected chi connectivity index (χ3v) is 5.52. The van der Waals surface area contributed by atoms with Crippen molar-refractivity contribution in [1.29, 1.82) is 0 Å². The molecule has 0 saturated carbocycles. The highest BCUT2D eigenvalue weighted by molar-refractivity contribution is 7.89. The molecular formula is C19H18F2N6O2S. The third-order valence-electron chi connectivity index (χ3n) is 4.59. The fourth-order valence-corrected chi connectivity index (χ4v) is 3.65. The Morgan fingerprint density at radius 2 is 1.90 bits per heavy atom. The standard InChI is InChI=1S/C19H18F2N6O2S/c20-13-2-1-12-11-27(8-7-23-17(12)9-13)18-16(21)10-24-19(26-18)25-14-3-5-15(6-4-14)30(22,28)29/h1-6,9-10,23H,7-8,11H2,(H2,22,28,29)(H,24,25,26). The van der Waals surface area contributed by atoms with E-state index in [9.17, 15) is 17.2 Å². The molecule has 0 unspecified atom stereocenters. The molecule has 4 N–H and O–H groups in total. The quantitative estimate of drug-likeness (QED) is 0.581. The summed E-state index contributed by atoms with van der Waals surface area (Å²) >= 11 is 0. The predicted molar refractivity (Wildman–Crippen MR) is 109 cm³/mol. The summed E-state index contributed by atoms with van der Waals surface area (Å²) in [7, 11) is -3.79. The number of hydrogen-bond acceptors (Lipinski definition) is 7. The maximum Gasteiger partial charge on any atom is 0.238 e. The van der Waals surface area contributed by atoms with Crippen LogP contribution in [-0.4, -0.2) is 31.5 Å². The average Bonchev–Trinajstić information content (AvgIpc) is 2.91. The highest BCUT2D eigenvalue weighted by Crippen LogP contribution is 2.27. The van der Waals surface area contributed by atoms with Crippen molar-refractivity contribution in [2.75, 3.05) is 28.6 Å². The zero-order chi connectivity index (χ0) is 21.3. The fraction of sp³-hybridized carbons (Fsp3) is 0.158. The molecule has 30 heavy (non-hydrogen) atoms. The molecule has 0 bridgehead atoms. The molecule has 156 valence electrons. The Morgan fingerprint density at radius 1 is 1.13 bits per heavy atom. The van der Waals surface area contributed by atoms with Gasteiger partial charge in [0.25, 0.3) is 0 Å². The van der Waals surface area contributed by atoms with Gasteiger partial charge in [0.2, 0.25) is 16.0 Å². The first kappa shape index (κ1) is 20.0. The van der Waals surface area contributed by atoms with Crippen LogP contribution in [0.1, 0.15) is 5.56 Å². The largest absolute Gasteiger partial charge is 0.383 e. The number of benzene rings is 2. The van der Waals surface area contributed by atoms with Crippen molar-refractivity contribution in [1.82, 2.24) is 9.97 Å². The van der Waals surface area contributed by atoms with Crippen molar-refractivity contribution in [2.45, 2.75) is 11.4 Å². The van der Waals surface area contributed by atoms with Crippen LogP contribution in [0.3, 0.4) is 0 Å². The highest BCUT2D eigenvalue weighted by atomic mass is 32.2. The van der Waals surface area contributed by atoms with Gasteiger partial charge in [0.05, 0.1) is 11.1 Å². The number of rotatable bonds is 4. The summed E-state index contributed by atoms with van der Waals surface area (Å²) in [6.07, 6.45) is 1.06. The molecule has 0 radical (unpaired) electrons. The van der Waals surface area contributed by atoms with Crippen LogP contribution in [0.2, 0.25) is 0 Å². The Morgan fingerprint density at radius 3 is 2.63 bits per heavy atom. The molecule has 1 aromatic heterocycles. The first-order valence-corrected chi connectivity index (χ1v) is 10.5. The number of nitrogens with zero attached hydrogens (tertiary/aromatic N) is 3. The third kappa shape index (κ3) is 4.31. The van der Waals surface area contributed by atoms with Gasteiger partial charge in [0.15, 0.2) is 11.6 Å². The maximum absolute atomic E-state index is 14.5. The fourth-order valence-electron chi connectivity index (χ4n) is 3.14. The number of anilines is 4. The highest BCUT2D eigenvalue weighted by Gasteiger charge is 2.20. The van der Waals surface area contributed by atoms with E-state index in [1.807, 2.05) is 0 Å². The minimum Gasteiger partial charge on any atom is -0.383 e. The minimum absolute atomic E-state index is 0.0269. The van der Waals surface area contributed by atoms with Crippen LogP contribution >= 0.6 is 0 Å². The molecule has 2 heterocycles. The number of hydrogen-bond donors (Lipinski definition) is 3. The van der Waals surface area contributed by atoms with Gasteiger partial charge in [-0.25, -0.2) is 27.3 Å². The van der Waals surface area contributed by atoms with E-state index in [1.54, 1.807) is 11.0 Å². The summed E-state index contributed by atoms with van der Waals surface area (Å²) in [5.41, 5.74) is 2.00. The summed E-state index contributed by atoms with van der Waals surface area (Å²) in [6, 6.07) is 10.1. The van der Waals surface area contributed by atoms with Crippen LogP contribution < -0.4 is 20.7 Å². The molecular weight excluding hydrogens is 414 g/mol. The molecule has 0 saturated heterocycles. The Hall–Kier alpha value is -3.31. The summed E-state index contributed by atoms with van der Waals surface area (Å²) in [4.78, 5) is 9.94. The second-order valence-electron chi connectivity index (χ2n) is 6.71. The summed E-state index contributed by atoms with van der Waals surface area (Å²) in [5, 5.41) is 11.1. The van der Waals surface area contributed by atoms with E-state index >= 15 is 0 Å². The van der Waals surface area contributed by atoms with Gasteiger partial charge in [-0.05, 0) is 42.0 Å². The molecule has 0 fully saturated rings. The predicted octanol–water partition coefficient (Wildman–Crippen LogP) is 2.58. The molecule has 4 rings (SSSR count). The normalized spacial score (nSPS) is 13.9. The average molecular weight is 432 g/mol. The molecule has 11 heteroatoms. The van der Waals surface area contributed by atoms with Crippen LogP contribution in [0.25, 0.3) is 0 Å². The van der Waals surface area contributed by atoms with Gasteiger partial charge < -0.3 is 15.5 Å². The van der Waals surface area contributed by atoms with Crippen molar-refractivity contribution in [2.24, 2.45) is 5.14 Å². The van der Waals surface area contributed by atoms with E-state index in [4.69, 9.17) is 5.14 Å². The number of halogens is 2. The van der Waals surface area contributed by atoms with Crippen molar-refractivity contribution in [3.63, 3.8) is 0 Å². The second kappa shape index (κ2) is 7.84. The second-order valence-corrected chi connectivity index (χ2v) is 8.27. The van der Waals surface area contributed by atoms with E-state index in [0.717, 1.165) is 11.8 Å². The van der Waals surface area contributed by atoms with Crippen LogP contribution in [-0.2, 0) is 16.6 Å². The first-order valence-electron chi connectivity index (χ1n) is 8.99. The Labute approximate surface area is 171 Å². The zero-order valence-electron chi connectivity index (χ0n) is 15.6. The Bertz CT molecular complexity index is 1190. The van der Waals surface area contributed by atoms with E-state index in [0.29, 0.717) is 31.0 Å². The van der Waals surface area contributed by atoms with E-state index in [-0.39, 0.29) is 22.5 Å². The molecule has 0 amide bonds. The van der Waals surface area contributed by atoms with Crippen LogP contribution in [0, 0.1) is 11.6 Å². The van der Waals surface area contributed by atoms with Crippen LogP contribution in [0.4, 0.5) is 31.9 Å². The van der Waals surface area contributed by atoms with Crippen molar-refractivity contribution in [3.05, 3.63) is 65.9 Å². The molecule has 3 aromatic rings. The van der Waals surface area contributed by atoms with Gasteiger partial charge in [-0.3, -0.25) is 0 Å². The summed E-state index contributed by atoms with van der Waals surface area (Å²) < 4.78 is 50.7. The van der Waals surface area contributed by atoms with Crippen molar-refractivity contribution >= 4 is 33.2 Å². The number of aromatic nitrogens is 2.